The van der Waals surface area contributed by atoms with Crippen LogP contribution >= 0.6 is 0 Å². The van der Waals surface area contributed by atoms with E-state index < -0.39 is 11.4 Å². The molecule has 0 radical (unpaired) electrons. The lowest BCUT2D eigenvalue weighted by atomic mass is 9.81. The fraction of sp³-hybridized carbons (Fsp3) is 0.647. The molecule has 7 nitrogen and oxygen atoms in total. The van der Waals surface area contributed by atoms with Gasteiger partial charge in [0, 0.05) is 49.8 Å². The Morgan fingerprint density at radius 2 is 2.00 bits per heavy atom. The van der Waals surface area contributed by atoms with Crippen molar-refractivity contribution in [3.63, 3.8) is 0 Å². The van der Waals surface area contributed by atoms with E-state index in [-0.39, 0.29) is 17.7 Å². The summed E-state index contributed by atoms with van der Waals surface area (Å²) in [5.74, 6) is 0.931. The first kappa shape index (κ1) is 15.4. The lowest BCUT2D eigenvalue weighted by Gasteiger charge is -2.26. The quantitative estimate of drug-likeness (QED) is 0.884. The normalized spacial score (nSPS) is 29.0. The summed E-state index contributed by atoms with van der Waals surface area (Å²) in [6.07, 6.45) is 3.68. The van der Waals surface area contributed by atoms with Crippen molar-refractivity contribution in [2.24, 2.45) is 17.3 Å². The van der Waals surface area contributed by atoms with Crippen LogP contribution in [0.25, 0.3) is 0 Å². The van der Waals surface area contributed by atoms with Crippen LogP contribution in [0.15, 0.2) is 6.20 Å². The van der Waals surface area contributed by atoms with Gasteiger partial charge in [-0.05, 0) is 26.7 Å². The molecule has 3 heterocycles. The molecule has 0 bridgehead atoms. The van der Waals surface area contributed by atoms with Crippen molar-refractivity contribution in [1.82, 2.24) is 14.9 Å². The van der Waals surface area contributed by atoms with Gasteiger partial charge in [-0.25, -0.2) is 9.97 Å². The van der Waals surface area contributed by atoms with Gasteiger partial charge in [0.15, 0.2) is 0 Å². The van der Waals surface area contributed by atoms with Crippen molar-refractivity contribution in [3.8, 4) is 0 Å². The molecule has 1 saturated carbocycles. The topological polar surface area (TPSA) is 86.6 Å². The predicted octanol–water partition coefficient (Wildman–Crippen LogP) is 0.853. The van der Waals surface area contributed by atoms with E-state index in [1.807, 2.05) is 13.8 Å². The number of amides is 1. The summed E-state index contributed by atoms with van der Waals surface area (Å²) in [4.78, 5) is 37.0. The van der Waals surface area contributed by atoms with Crippen LogP contribution < -0.4 is 4.90 Å². The van der Waals surface area contributed by atoms with Crippen LogP contribution in [0.3, 0.4) is 0 Å². The number of aryl methyl sites for hydroxylation is 2. The van der Waals surface area contributed by atoms with Gasteiger partial charge in [0.05, 0.1) is 0 Å². The molecule has 24 heavy (non-hydrogen) atoms. The molecule has 3 fully saturated rings. The maximum atomic E-state index is 12.4. The minimum Gasteiger partial charge on any atom is -0.481 e. The number of aromatic nitrogens is 2. The van der Waals surface area contributed by atoms with E-state index in [1.165, 1.54) is 0 Å². The summed E-state index contributed by atoms with van der Waals surface area (Å²) >= 11 is 0. The summed E-state index contributed by atoms with van der Waals surface area (Å²) in [6.45, 7) is 5.67. The zero-order chi connectivity index (χ0) is 17.1. The minimum absolute atomic E-state index is 0.0487. The molecule has 0 spiro atoms. The van der Waals surface area contributed by atoms with Gasteiger partial charge in [-0.3, -0.25) is 9.59 Å². The van der Waals surface area contributed by atoms with E-state index in [2.05, 4.69) is 14.9 Å². The zero-order valence-electron chi connectivity index (χ0n) is 14.0. The predicted molar refractivity (Wildman–Crippen MR) is 86.6 cm³/mol. The number of aliphatic carboxylic acids is 1. The van der Waals surface area contributed by atoms with Gasteiger partial charge in [-0.15, -0.1) is 0 Å². The van der Waals surface area contributed by atoms with E-state index >= 15 is 0 Å². The van der Waals surface area contributed by atoms with E-state index in [1.54, 1.807) is 11.1 Å². The monoisotopic (exact) mass is 330 g/mol. The lowest BCUT2D eigenvalue weighted by Crippen LogP contribution is -2.42. The number of nitrogens with zero attached hydrogens (tertiary/aromatic N) is 4. The van der Waals surface area contributed by atoms with Crippen LogP contribution in [0, 0.1) is 31.1 Å². The van der Waals surface area contributed by atoms with E-state index in [0.29, 0.717) is 32.0 Å². The second-order valence-electron chi connectivity index (χ2n) is 7.46. The zero-order valence-corrected chi connectivity index (χ0v) is 14.0. The third-order valence-electron chi connectivity index (χ3n) is 5.64. The highest BCUT2D eigenvalue weighted by atomic mass is 16.4. The van der Waals surface area contributed by atoms with Gasteiger partial charge < -0.3 is 14.9 Å². The number of carbonyl (C=O) groups is 2. The Balaban J connectivity index is 1.60. The summed E-state index contributed by atoms with van der Waals surface area (Å²) < 4.78 is 0. The second kappa shape index (κ2) is 5.16. The van der Waals surface area contributed by atoms with E-state index in [9.17, 15) is 14.7 Å². The van der Waals surface area contributed by atoms with E-state index in [0.717, 1.165) is 24.2 Å². The number of anilines is 1. The number of likely N-dealkylation sites (tertiary alicyclic amines) is 1. The van der Waals surface area contributed by atoms with Gasteiger partial charge in [0.25, 0.3) is 0 Å². The van der Waals surface area contributed by atoms with Gasteiger partial charge in [-0.1, -0.05) is 0 Å². The highest BCUT2D eigenvalue weighted by Crippen LogP contribution is 2.46. The SMILES string of the molecule is Cc1ncc(C)c(N2C[C@@H]3CN(C(=O)C4CC4)C[C@]3(C(=O)O)C2)n1. The molecular formula is C17H22N4O3. The Kier molecular flexibility index (Phi) is 3.30. The van der Waals surface area contributed by atoms with Crippen molar-refractivity contribution in [3.05, 3.63) is 17.6 Å². The van der Waals surface area contributed by atoms with Crippen molar-refractivity contribution in [2.75, 3.05) is 31.1 Å². The smallest absolute Gasteiger partial charge is 0.313 e. The molecule has 7 heteroatoms. The average Bonchev–Trinajstić information content (AvgIpc) is 3.21. The maximum Gasteiger partial charge on any atom is 0.313 e. The number of carbonyl (C=O) groups excluding carboxylic acids is 1. The van der Waals surface area contributed by atoms with E-state index in [4.69, 9.17) is 0 Å². The molecule has 1 aliphatic carbocycles. The lowest BCUT2D eigenvalue weighted by molar-refractivity contribution is -0.148. The van der Waals surface area contributed by atoms with Crippen molar-refractivity contribution < 1.29 is 14.7 Å². The average molecular weight is 330 g/mol. The molecule has 1 N–H and O–H groups in total. The fourth-order valence-electron chi connectivity index (χ4n) is 4.12. The van der Waals surface area contributed by atoms with Crippen LogP contribution in [0.1, 0.15) is 24.2 Å². The Labute approximate surface area is 140 Å². The van der Waals surface area contributed by atoms with Crippen LogP contribution in [-0.4, -0.2) is 58.0 Å². The molecule has 3 aliphatic rings. The second-order valence-corrected chi connectivity index (χ2v) is 7.46. The molecule has 2 atom stereocenters. The number of fused-ring (bicyclic) bond motifs is 1. The van der Waals surface area contributed by atoms with Crippen LogP contribution in [0.2, 0.25) is 0 Å². The third-order valence-corrected chi connectivity index (χ3v) is 5.64. The van der Waals surface area contributed by atoms with Crippen molar-refractivity contribution in [1.29, 1.82) is 0 Å². The number of hydrogen-bond donors (Lipinski definition) is 1. The van der Waals surface area contributed by atoms with Gasteiger partial charge in [0.1, 0.15) is 17.1 Å². The number of carboxylic acid groups (broad SMARTS) is 1. The van der Waals surface area contributed by atoms with Gasteiger partial charge >= 0.3 is 5.97 Å². The standard InChI is InChI=1S/C17H22N4O3/c1-10-5-18-11(2)19-14(10)20-6-13-7-21(15(22)12-3-4-12)9-17(13,8-20)16(23)24/h5,12-13H,3-4,6-9H2,1-2H3,(H,23,24)/t13-,17-/m1/s1. The molecule has 128 valence electrons. The number of carboxylic acids is 1. The summed E-state index contributed by atoms with van der Waals surface area (Å²) in [5.41, 5.74) is 0.0718. The molecule has 2 saturated heterocycles. The highest BCUT2D eigenvalue weighted by Gasteiger charge is 2.59. The maximum absolute atomic E-state index is 12.4. The largest absolute Gasteiger partial charge is 0.481 e. The third kappa shape index (κ3) is 2.25. The Bertz CT molecular complexity index is 718. The first-order valence-electron chi connectivity index (χ1n) is 8.48. The molecular weight excluding hydrogens is 308 g/mol. The fourth-order valence-corrected chi connectivity index (χ4v) is 4.12. The molecule has 1 aromatic heterocycles. The molecule has 1 aromatic rings. The highest BCUT2D eigenvalue weighted by molar-refractivity contribution is 5.85. The summed E-state index contributed by atoms with van der Waals surface area (Å²) in [6, 6.07) is 0. The Morgan fingerprint density at radius 3 is 2.62 bits per heavy atom. The summed E-state index contributed by atoms with van der Waals surface area (Å²) in [7, 11) is 0. The van der Waals surface area contributed by atoms with Crippen molar-refractivity contribution in [2.45, 2.75) is 26.7 Å². The number of hydrogen-bond acceptors (Lipinski definition) is 5. The molecule has 4 rings (SSSR count). The Hall–Kier alpha value is -2.18. The van der Waals surface area contributed by atoms with Crippen LogP contribution in [-0.2, 0) is 9.59 Å². The molecule has 0 aromatic carbocycles. The first-order valence-corrected chi connectivity index (χ1v) is 8.48. The van der Waals surface area contributed by atoms with Crippen LogP contribution in [0.5, 0.6) is 0 Å². The van der Waals surface area contributed by atoms with Crippen LogP contribution in [0.4, 0.5) is 5.82 Å². The molecule has 2 aliphatic heterocycles. The minimum atomic E-state index is -0.879. The van der Waals surface area contributed by atoms with Gasteiger partial charge in [-0.2, -0.15) is 0 Å². The molecule has 0 unspecified atom stereocenters. The Morgan fingerprint density at radius 1 is 1.25 bits per heavy atom. The van der Waals surface area contributed by atoms with Crippen molar-refractivity contribution >= 4 is 17.7 Å². The number of rotatable bonds is 3. The van der Waals surface area contributed by atoms with Gasteiger partial charge in [0.2, 0.25) is 5.91 Å². The first-order chi connectivity index (χ1) is 11.4. The summed E-state index contributed by atoms with van der Waals surface area (Å²) in [5, 5.41) is 9.92. The molecule has 1 amide bonds.